The number of allylic oxidation sites excluding steroid dienone is 2. The number of nitrogens with one attached hydrogen (secondary N) is 1. The molecule has 0 bridgehead atoms. The van der Waals surface area contributed by atoms with Crippen molar-refractivity contribution in [3.05, 3.63) is 11.6 Å². The minimum Gasteiger partial charge on any atom is -0.481 e. The van der Waals surface area contributed by atoms with E-state index in [1.807, 2.05) is 0 Å². The lowest BCUT2D eigenvalue weighted by molar-refractivity contribution is -0.137. The van der Waals surface area contributed by atoms with Crippen LogP contribution in [0.3, 0.4) is 0 Å². The van der Waals surface area contributed by atoms with Gasteiger partial charge in [0.2, 0.25) is 0 Å². The quantitative estimate of drug-likeness (QED) is 0.383. The van der Waals surface area contributed by atoms with Gasteiger partial charge in [0, 0.05) is 13.0 Å². The summed E-state index contributed by atoms with van der Waals surface area (Å²) >= 11 is 0. The molecule has 0 fully saturated rings. The summed E-state index contributed by atoms with van der Waals surface area (Å²) in [6.45, 7) is 3.20. The highest BCUT2D eigenvalue weighted by Crippen LogP contribution is 2.20. The lowest BCUT2D eigenvalue weighted by Crippen LogP contribution is -2.14. The van der Waals surface area contributed by atoms with Gasteiger partial charge in [0.25, 0.3) is 0 Å². The maximum absolute atomic E-state index is 10.0. The first kappa shape index (κ1) is 28.7. The van der Waals surface area contributed by atoms with Crippen LogP contribution in [0.25, 0.3) is 0 Å². The standard InChI is InChI=1S/C20H36N2.C8H16O2/c1-2-4-8-12-16-19(15-11-7-3-1)20-17-13-9-5-6-10-14-18-21-22-20;1-2-3-4-5-6-7-8(9)10/h15,21H,1-14,16-18H2;2-7H2,1H3,(H,9,10). The number of rotatable bonds is 7. The van der Waals surface area contributed by atoms with Crippen LogP contribution in [-0.2, 0) is 4.79 Å². The van der Waals surface area contributed by atoms with Crippen LogP contribution < -0.4 is 5.43 Å². The summed E-state index contributed by atoms with van der Waals surface area (Å²) in [5, 5.41) is 13.1. The van der Waals surface area contributed by atoms with Crippen molar-refractivity contribution in [2.24, 2.45) is 5.10 Å². The maximum atomic E-state index is 10.0. The molecule has 1 aliphatic heterocycles. The van der Waals surface area contributed by atoms with Gasteiger partial charge in [-0.15, -0.1) is 0 Å². The summed E-state index contributed by atoms with van der Waals surface area (Å²) < 4.78 is 0. The van der Waals surface area contributed by atoms with Gasteiger partial charge in [0.05, 0.1) is 5.71 Å². The Morgan fingerprint density at radius 2 is 1.41 bits per heavy atom. The van der Waals surface area contributed by atoms with Crippen molar-refractivity contribution in [2.75, 3.05) is 6.54 Å². The number of hydrogen-bond donors (Lipinski definition) is 2. The van der Waals surface area contributed by atoms with Gasteiger partial charge in [-0.3, -0.25) is 4.79 Å². The summed E-state index contributed by atoms with van der Waals surface area (Å²) in [5.74, 6) is -0.670. The van der Waals surface area contributed by atoms with Crippen molar-refractivity contribution in [1.29, 1.82) is 0 Å². The normalized spacial score (nSPS) is 19.5. The molecular weight excluding hydrogens is 396 g/mol. The SMILES string of the molecule is C1=C(C2=NNCCCCCCCC2)CCCCCCCCC1.CCCCCCCC(=O)O. The number of unbranched alkanes of at least 4 members (excludes halogenated alkanes) is 4. The van der Waals surface area contributed by atoms with Gasteiger partial charge in [0.15, 0.2) is 0 Å². The van der Waals surface area contributed by atoms with E-state index in [-0.39, 0.29) is 0 Å². The van der Waals surface area contributed by atoms with E-state index in [0.717, 1.165) is 19.4 Å². The first-order valence-electron chi connectivity index (χ1n) is 13.9. The second-order valence-corrected chi connectivity index (χ2v) is 9.64. The molecule has 0 aromatic carbocycles. The van der Waals surface area contributed by atoms with E-state index in [4.69, 9.17) is 10.2 Å². The summed E-state index contributed by atoms with van der Waals surface area (Å²) in [6.07, 6.45) is 30.1. The van der Waals surface area contributed by atoms with Crippen LogP contribution in [0.2, 0.25) is 0 Å². The molecule has 186 valence electrons. The average molecular weight is 449 g/mol. The number of nitrogens with zero attached hydrogens (tertiary/aromatic N) is 1. The zero-order valence-electron chi connectivity index (χ0n) is 21.1. The predicted octanol–water partition coefficient (Wildman–Crippen LogP) is 8.56. The van der Waals surface area contributed by atoms with Crippen LogP contribution in [0.1, 0.15) is 148 Å². The number of hydrazone groups is 1. The Bertz CT molecular complexity index is 480. The monoisotopic (exact) mass is 448 g/mol. The second kappa shape index (κ2) is 21.5. The Labute approximate surface area is 198 Å². The topological polar surface area (TPSA) is 61.7 Å². The van der Waals surface area contributed by atoms with Crippen LogP contribution in [-0.4, -0.2) is 23.3 Å². The number of aliphatic carboxylic acids is 1. The third kappa shape index (κ3) is 17.3. The molecule has 4 nitrogen and oxygen atoms in total. The fourth-order valence-electron chi connectivity index (χ4n) is 4.51. The molecule has 0 spiro atoms. The van der Waals surface area contributed by atoms with E-state index in [0.29, 0.717) is 6.42 Å². The Kier molecular flexibility index (Phi) is 19.3. The maximum Gasteiger partial charge on any atom is 0.303 e. The van der Waals surface area contributed by atoms with Gasteiger partial charge in [-0.1, -0.05) is 96.5 Å². The van der Waals surface area contributed by atoms with E-state index in [2.05, 4.69) is 18.4 Å². The highest BCUT2D eigenvalue weighted by molar-refractivity contribution is 5.99. The molecule has 1 aliphatic carbocycles. The molecule has 1 heterocycles. The second-order valence-electron chi connectivity index (χ2n) is 9.64. The molecule has 0 saturated heterocycles. The molecule has 0 radical (unpaired) electrons. The Morgan fingerprint density at radius 3 is 2.09 bits per heavy atom. The smallest absolute Gasteiger partial charge is 0.303 e. The summed E-state index contributed by atoms with van der Waals surface area (Å²) in [5.41, 5.74) is 6.29. The van der Waals surface area contributed by atoms with Crippen molar-refractivity contribution < 1.29 is 9.90 Å². The van der Waals surface area contributed by atoms with Crippen LogP contribution >= 0.6 is 0 Å². The van der Waals surface area contributed by atoms with Crippen molar-refractivity contribution >= 4 is 11.7 Å². The van der Waals surface area contributed by atoms with Crippen LogP contribution in [0.4, 0.5) is 0 Å². The molecule has 0 saturated carbocycles. The van der Waals surface area contributed by atoms with Crippen molar-refractivity contribution in [1.82, 2.24) is 5.43 Å². The molecule has 0 atom stereocenters. The van der Waals surface area contributed by atoms with E-state index >= 15 is 0 Å². The molecule has 2 aliphatic rings. The van der Waals surface area contributed by atoms with Crippen LogP contribution in [0.5, 0.6) is 0 Å². The highest BCUT2D eigenvalue weighted by atomic mass is 16.4. The molecule has 2 rings (SSSR count). The molecule has 0 amide bonds. The summed E-state index contributed by atoms with van der Waals surface area (Å²) in [6, 6.07) is 0. The largest absolute Gasteiger partial charge is 0.481 e. The van der Waals surface area contributed by atoms with E-state index in [9.17, 15) is 4.79 Å². The number of carboxylic acids is 1. The fourth-order valence-corrected chi connectivity index (χ4v) is 4.51. The van der Waals surface area contributed by atoms with Crippen molar-refractivity contribution in [3.8, 4) is 0 Å². The zero-order valence-corrected chi connectivity index (χ0v) is 21.1. The molecular formula is C28H52N2O2. The number of carboxylic acid groups (broad SMARTS) is 1. The number of hydrogen-bond acceptors (Lipinski definition) is 3. The Hall–Kier alpha value is -1.32. The Morgan fingerprint density at radius 1 is 0.812 bits per heavy atom. The Balaban J connectivity index is 0.000000433. The third-order valence-electron chi connectivity index (χ3n) is 6.57. The minimum absolute atomic E-state index is 0.337. The van der Waals surface area contributed by atoms with E-state index in [1.54, 1.807) is 5.57 Å². The molecule has 4 heteroatoms. The number of carbonyl (C=O) groups is 1. The molecule has 2 N–H and O–H groups in total. The lowest BCUT2D eigenvalue weighted by Gasteiger charge is -2.12. The fraction of sp³-hybridized carbons (Fsp3) is 0.857. The van der Waals surface area contributed by atoms with Gasteiger partial charge in [0.1, 0.15) is 0 Å². The molecule has 0 aromatic rings. The van der Waals surface area contributed by atoms with Crippen LogP contribution in [0.15, 0.2) is 16.8 Å². The van der Waals surface area contributed by atoms with Gasteiger partial charge in [-0.05, 0) is 56.9 Å². The van der Waals surface area contributed by atoms with E-state index < -0.39 is 5.97 Å². The van der Waals surface area contributed by atoms with Gasteiger partial charge in [-0.2, -0.15) is 5.10 Å². The highest BCUT2D eigenvalue weighted by Gasteiger charge is 2.09. The summed E-state index contributed by atoms with van der Waals surface area (Å²) in [7, 11) is 0. The molecule has 0 unspecified atom stereocenters. The molecule has 0 aromatic heterocycles. The van der Waals surface area contributed by atoms with Gasteiger partial charge in [-0.25, -0.2) is 0 Å². The van der Waals surface area contributed by atoms with Crippen LogP contribution in [0, 0.1) is 0 Å². The van der Waals surface area contributed by atoms with Crippen molar-refractivity contribution in [2.45, 2.75) is 148 Å². The first-order chi connectivity index (χ1) is 15.7. The van der Waals surface area contributed by atoms with Gasteiger partial charge < -0.3 is 10.5 Å². The lowest BCUT2D eigenvalue weighted by atomic mass is 9.97. The van der Waals surface area contributed by atoms with Gasteiger partial charge >= 0.3 is 5.97 Å². The third-order valence-corrected chi connectivity index (χ3v) is 6.57. The predicted molar refractivity (Wildman–Crippen MR) is 138 cm³/mol. The minimum atomic E-state index is -0.670. The first-order valence-corrected chi connectivity index (χ1v) is 13.9. The van der Waals surface area contributed by atoms with E-state index in [1.165, 1.54) is 128 Å². The molecule has 32 heavy (non-hydrogen) atoms. The average Bonchev–Trinajstić information content (AvgIpc) is 2.89. The summed E-state index contributed by atoms with van der Waals surface area (Å²) in [4.78, 5) is 10.0. The van der Waals surface area contributed by atoms with Crippen molar-refractivity contribution in [3.63, 3.8) is 0 Å². The zero-order chi connectivity index (χ0) is 23.1.